The Labute approximate surface area is 121 Å². The van der Waals surface area contributed by atoms with E-state index >= 15 is 0 Å². The topological polar surface area (TPSA) is 15.3 Å². The molecule has 19 heavy (non-hydrogen) atoms. The van der Waals surface area contributed by atoms with Crippen LogP contribution in [0.4, 0.5) is 0 Å². The molecule has 1 aliphatic carbocycles. The van der Waals surface area contributed by atoms with Gasteiger partial charge < -0.3 is 5.32 Å². The highest BCUT2D eigenvalue weighted by atomic mass is 15.2. The summed E-state index contributed by atoms with van der Waals surface area (Å²) in [6, 6.07) is 1.56. The number of hydrogen-bond acceptors (Lipinski definition) is 2. The molecule has 1 saturated carbocycles. The van der Waals surface area contributed by atoms with Crippen molar-refractivity contribution in [1.82, 2.24) is 10.2 Å². The first-order valence-corrected chi connectivity index (χ1v) is 8.75. The smallest absolute Gasteiger partial charge is 0.0110 e. The molecule has 114 valence electrons. The van der Waals surface area contributed by atoms with E-state index < -0.39 is 0 Å². The standard InChI is InChI=1S/C17H36N2/c1-4-6-8-11-16(3)18-14-15-19(5-2)17-12-9-7-10-13-17/h16-18H,4-15H2,1-3H3. The summed E-state index contributed by atoms with van der Waals surface area (Å²) in [5.74, 6) is 0. The van der Waals surface area contributed by atoms with Crippen LogP contribution in [-0.2, 0) is 0 Å². The molecule has 1 atom stereocenters. The summed E-state index contributed by atoms with van der Waals surface area (Å²) in [4.78, 5) is 2.70. The summed E-state index contributed by atoms with van der Waals surface area (Å²) in [6.07, 6.45) is 12.6. The maximum Gasteiger partial charge on any atom is 0.0110 e. The lowest BCUT2D eigenvalue weighted by atomic mass is 9.94. The Morgan fingerprint density at radius 2 is 1.84 bits per heavy atom. The molecule has 1 N–H and O–H groups in total. The highest BCUT2D eigenvalue weighted by Gasteiger charge is 2.19. The van der Waals surface area contributed by atoms with Crippen molar-refractivity contribution >= 4 is 0 Å². The monoisotopic (exact) mass is 268 g/mol. The number of nitrogens with one attached hydrogen (secondary N) is 1. The van der Waals surface area contributed by atoms with Gasteiger partial charge in [-0.05, 0) is 32.7 Å². The third kappa shape index (κ3) is 7.31. The first-order valence-electron chi connectivity index (χ1n) is 8.75. The predicted octanol–water partition coefficient (Wildman–Crippen LogP) is 4.20. The fraction of sp³-hybridized carbons (Fsp3) is 1.00. The Balaban J connectivity index is 2.11. The number of likely N-dealkylation sites (N-methyl/N-ethyl adjacent to an activating group) is 1. The highest BCUT2D eigenvalue weighted by molar-refractivity contribution is 4.76. The van der Waals surface area contributed by atoms with E-state index in [0.29, 0.717) is 6.04 Å². The molecule has 0 bridgehead atoms. The van der Waals surface area contributed by atoms with E-state index in [9.17, 15) is 0 Å². The minimum Gasteiger partial charge on any atom is -0.313 e. The molecule has 0 aromatic carbocycles. The van der Waals surface area contributed by atoms with Gasteiger partial charge in [0.1, 0.15) is 0 Å². The van der Waals surface area contributed by atoms with Crippen molar-refractivity contribution in [2.75, 3.05) is 19.6 Å². The first-order chi connectivity index (χ1) is 9.27. The van der Waals surface area contributed by atoms with Crippen LogP contribution in [0, 0.1) is 0 Å². The normalized spacial score (nSPS) is 18.9. The number of hydrogen-bond donors (Lipinski definition) is 1. The van der Waals surface area contributed by atoms with Gasteiger partial charge in [-0.2, -0.15) is 0 Å². The fourth-order valence-corrected chi connectivity index (χ4v) is 3.30. The van der Waals surface area contributed by atoms with Gasteiger partial charge in [-0.25, -0.2) is 0 Å². The van der Waals surface area contributed by atoms with Crippen molar-refractivity contribution in [3.63, 3.8) is 0 Å². The van der Waals surface area contributed by atoms with Crippen LogP contribution in [0.25, 0.3) is 0 Å². The molecule has 0 heterocycles. The SMILES string of the molecule is CCCCCC(C)NCCN(CC)C1CCCCC1. The molecule has 2 heteroatoms. The van der Waals surface area contributed by atoms with Crippen LogP contribution in [0.15, 0.2) is 0 Å². The fourth-order valence-electron chi connectivity index (χ4n) is 3.30. The summed E-state index contributed by atoms with van der Waals surface area (Å²) in [5.41, 5.74) is 0. The number of rotatable bonds is 10. The molecule has 1 fully saturated rings. The Morgan fingerprint density at radius 3 is 2.47 bits per heavy atom. The number of unbranched alkanes of at least 4 members (excludes halogenated alkanes) is 2. The maximum absolute atomic E-state index is 3.70. The zero-order valence-electron chi connectivity index (χ0n) is 13.6. The van der Waals surface area contributed by atoms with Crippen LogP contribution in [0.5, 0.6) is 0 Å². The molecule has 1 unspecified atom stereocenters. The minimum absolute atomic E-state index is 0.691. The molecule has 0 aromatic rings. The van der Waals surface area contributed by atoms with E-state index in [2.05, 4.69) is 31.0 Å². The quantitative estimate of drug-likeness (QED) is 0.597. The largest absolute Gasteiger partial charge is 0.313 e. The van der Waals surface area contributed by atoms with Gasteiger partial charge in [-0.1, -0.05) is 52.4 Å². The molecule has 1 aliphatic rings. The van der Waals surface area contributed by atoms with Gasteiger partial charge in [0.2, 0.25) is 0 Å². The molecule has 0 saturated heterocycles. The molecule has 2 nitrogen and oxygen atoms in total. The van der Waals surface area contributed by atoms with Crippen molar-refractivity contribution in [1.29, 1.82) is 0 Å². The van der Waals surface area contributed by atoms with Crippen LogP contribution in [0.3, 0.4) is 0 Å². The van der Waals surface area contributed by atoms with Gasteiger partial charge in [0, 0.05) is 25.2 Å². The highest BCUT2D eigenvalue weighted by Crippen LogP contribution is 2.22. The molecule has 0 amide bonds. The third-order valence-corrected chi connectivity index (χ3v) is 4.63. The van der Waals surface area contributed by atoms with E-state index in [1.165, 1.54) is 70.9 Å². The lowest BCUT2D eigenvalue weighted by molar-refractivity contribution is 0.163. The Kier molecular flexibility index (Phi) is 9.54. The second-order valence-corrected chi connectivity index (χ2v) is 6.27. The lowest BCUT2D eigenvalue weighted by Gasteiger charge is -2.33. The summed E-state index contributed by atoms with van der Waals surface area (Å²) in [7, 11) is 0. The molecule has 1 rings (SSSR count). The van der Waals surface area contributed by atoms with Gasteiger partial charge in [0.25, 0.3) is 0 Å². The van der Waals surface area contributed by atoms with E-state index in [0.717, 1.165) is 12.6 Å². The average molecular weight is 268 g/mol. The Hall–Kier alpha value is -0.0800. The van der Waals surface area contributed by atoms with Crippen molar-refractivity contribution in [3.05, 3.63) is 0 Å². The molecular formula is C17H36N2. The summed E-state index contributed by atoms with van der Waals surface area (Å²) in [5, 5.41) is 3.70. The summed E-state index contributed by atoms with van der Waals surface area (Å²) in [6.45, 7) is 10.6. The molecule has 0 radical (unpaired) electrons. The second-order valence-electron chi connectivity index (χ2n) is 6.27. The summed E-state index contributed by atoms with van der Waals surface area (Å²) < 4.78 is 0. The van der Waals surface area contributed by atoms with Gasteiger partial charge in [-0.15, -0.1) is 0 Å². The first kappa shape index (κ1) is 17.0. The van der Waals surface area contributed by atoms with Crippen molar-refractivity contribution in [2.45, 2.75) is 90.6 Å². The van der Waals surface area contributed by atoms with Gasteiger partial charge >= 0.3 is 0 Å². The van der Waals surface area contributed by atoms with Crippen LogP contribution in [0.2, 0.25) is 0 Å². The Morgan fingerprint density at radius 1 is 1.11 bits per heavy atom. The van der Waals surface area contributed by atoms with Crippen LogP contribution in [0.1, 0.15) is 78.6 Å². The van der Waals surface area contributed by atoms with Crippen molar-refractivity contribution in [2.24, 2.45) is 0 Å². The van der Waals surface area contributed by atoms with Gasteiger partial charge in [0.15, 0.2) is 0 Å². The van der Waals surface area contributed by atoms with Crippen molar-refractivity contribution < 1.29 is 0 Å². The third-order valence-electron chi connectivity index (χ3n) is 4.63. The van der Waals surface area contributed by atoms with Crippen LogP contribution < -0.4 is 5.32 Å². The van der Waals surface area contributed by atoms with E-state index in [-0.39, 0.29) is 0 Å². The minimum atomic E-state index is 0.691. The van der Waals surface area contributed by atoms with Crippen LogP contribution in [-0.4, -0.2) is 36.6 Å². The lowest BCUT2D eigenvalue weighted by Crippen LogP contribution is -2.42. The van der Waals surface area contributed by atoms with E-state index in [1.54, 1.807) is 0 Å². The van der Waals surface area contributed by atoms with E-state index in [4.69, 9.17) is 0 Å². The van der Waals surface area contributed by atoms with Crippen molar-refractivity contribution in [3.8, 4) is 0 Å². The van der Waals surface area contributed by atoms with Gasteiger partial charge in [-0.3, -0.25) is 4.90 Å². The molecule has 0 spiro atoms. The maximum atomic E-state index is 3.70. The average Bonchev–Trinajstić information content (AvgIpc) is 2.45. The molecule has 0 aliphatic heterocycles. The predicted molar refractivity (Wildman–Crippen MR) is 85.7 cm³/mol. The second kappa shape index (κ2) is 10.7. The summed E-state index contributed by atoms with van der Waals surface area (Å²) >= 11 is 0. The van der Waals surface area contributed by atoms with Gasteiger partial charge in [0.05, 0.1) is 0 Å². The zero-order chi connectivity index (χ0) is 13.9. The molecule has 0 aromatic heterocycles. The zero-order valence-corrected chi connectivity index (χ0v) is 13.6. The number of nitrogens with zero attached hydrogens (tertiary/aromatic N) is 1. The molecular weight excluding hydrogens is 232 g/mol. The Bertz CT molecular complexity index is 199. The van der Waals surface area contributed by atoms with Crippen LogP contribution >= 0.6 is 0 Å². The van der Waals surface area contributed by atoms with E-state index in [1.807, 2.05) is 0 Å².